The van der Waals surface area contributed by atoms with E-state index >= 15 is 0 Å². The lowest BCUT2D eigenvalue weighted by molar-refractivity contribution is -0.136. The summed E-state index contributed by atoms with van der Waals surface area (Å²) in [4.78, 5) is 27.2. The second-order valence-corrected chi connectivity index (χ2v) is 6.17. The first-order chi connectivity index (χ1) is 10.4. The molecule has 2 rings (SSSR count). The van der Waals surface area contributed by atoms with E-state index in [1.807, 2.05) is 32.0 Å². The summed E-state index contributed by atoms with van der Waals surface area (Å²) in [6.45, 7) is 5.71. The summed E-state index contributed by atoms with van der Waals surface area (Å²) >= 11 is 1.31. The van der Waals surface area contributed by atoms with Gasteiger partial charge in [-0.3, -0.25) is 9.59 Å². The molecule has 6 heteroatoms. The maximum Gasteiger partial charge on any atom is 0.309 e. The Morgan fingerprint density at radius 3 is 2.73 bits per heavy atom. The van der Waals surface area contributed by atoms with E-state index < -0.39 is 11.9 Å². The van der Waals surface area contributed by atoms with Gasteiger partial charge in [-0.15, -0.1) is 11.3 Å². The Labute approximate surface area is 133 Å². The number of benzene rings is 1. The summed E-state index contributed by atoms with van der Waals surface area (Å²) < 4.78 is 0. The maximum absolute atomic E-state index is 12.3. The Bertz CT molecular complexity index is 709. The fourth-order valence-corrected chi connectivity index (χ4v) is 2.94. The third-order valence-corrected chi connectivity index (χ3v) is 4.38. The van der Waals surface area contributed by atoms with Crippen molar-refractivity contribution < 1.29 is 14.7 Å². The molecule has 1 aromatic carbocycles. The first kappa shape index (κ1) is 16.2. The van der Waals surface area contributed by atoms with Crippen LogP contribution in [0.4, 0.5) is 5.69 Å². The van der Waals surface area contributed by atoms with Crippen LogP contribution < -0.4 is 5.32 Å². The van der Waals surface area contributed by atoms with Crippen LogP contribution in [0.5, 0.6) is 0 Å². The zero-order chi connectivity index (χ0) is 16.3. The van der Waals surface area contributed by atoms with Gasteiger partial charge in [0.2, 0.25) is 5.91 Å². The highest BCUT2D eigenvalue weighted by molar-refractivity contribution is 7.09. The summed E-state index contributed by atoms with van der Waals surface area (Å²) in [6.07, 6.45) is -0.123. The van der Waals surface area contributed by atoms with Crippen LogP contribution in [0.3, 0.4) is 0 Å². The van der Waals surface area contributed by atoms with E-state index in [0.29, 0.717) is 10.7 Å². The Hall–Kier alpha value is -2.21. The molecule has 1 aromatic heterocycles. The third-order valence-electron chi connectivity index (χ3n) is 3.31. The molecule has 22 heavy (non-hydrogen) atoms. The quantitative estimate of drug-likeness (QED) is 0.887. The number of hydrogen-bond donors (Lipinski definition) is 2. The summed E-state index contributed by atoms with van der Waals surface area (Å²) in [5.74, 6) is -1.50. The SMILES string of the molecule is Cc1ccc(NC(=O)[C@@H](C)c2nc(CC(=O)O)cs2)c(C)c1. The minimum absolute atomic E-state index is 0.123. The van der Waals surface area contributed by atoms with Gasteiger partial charge in [0.25, 0.3) is 0 Å². The van der Waals surface area contributed by atoms with Crippen LogP contribution in [-0.2, 0) is 16.0 Å². The highest BCUT2D eigenvalue weighted by atomic mass is 32.1. The van der Waals surface area contributed by atoms with Crippen LogP contribution in [-0.4, -0.2) is 22.0 Å². The second kappa shape index (κ2) is 6.70. The lowest BCUT2D eigenvalue weighted by Crippen LogP contribution is -2.19. The molecule has 0 radical (unpaired) electrons. The minimum Gasteiger partial charge on any atom is -0.481 e. The Morgan fingerprint density at radius 1 is 1.36 bits per heavy atom. The first-order valence-corrected chi connectivity index (χ1v) is 7.79. The zero-order valence-corrected chi connectivity index (χ0v) is 13.5. The van der Waals surface area contributed by atoms with E-state index in [1.54, 1.807) is 12.3 Å². The van der Waals surface area contributed by atoms with Crippen molar-refractivity contribution in [1.29, 1.82) is 0 Å². The van der Waals surface area contributed by atoms with Crippen molar-refractivity contribution in [1.82, 2.24) is 4.98 Å². The van der Waals surface area contributed by atoms with Crippen molar-refractivity contribution in [3.63, 3.8) is 0 Å². The predicted octanol–water partition coefficient (Wildman–Crippen LogP) is 3.13. The largest absolute Gasteiger partial charge is 0.481 e. The number of carbonyl (C=O) groups excluding carboxylic acids is 1. The number of carboxylic acid groups (broad SMARTS) is 1. The number of carbonyl (C=O) groups is 2. The Balaban J connectivity index is 2.08. The van der Waals surface area contributed by atoms with Crippen molar-refractivity contribution >= 4 is 28.9 Å². The molecule has 116 valence electrons. The van der Waals surface area contributed by atoms with Crippen molar-refractivity contribution in [3.8, 4) is 0 Å². The molecule has 0 fully saturated rings. The number of hydrogen-bond acceptors (Lipinski definition) is 4. The van der Waals surface area contributed by atoms with Crippen molar-refractivity contribution in [2.45, 2.75) is 33.1 Å². The summed E-state index contributed by atoms with van der Waals surface area (Å²) in [5, 5.41) is 14.0. The van der Waals surface area contributed by atoms with Gasteiger partial charge in [0, 0.05) is 11.1 Å². The number of anilines is 1. The van der Waals surface area contributed by atoms with Gasteiger partial charge in [0.05, 0.1) is 18.0 Å². The predicted molar refractivity (Wildman–Crippen MR) is 86.4 cm³/mol. The fourth-order valence-electron chi connectivity index (χ4n) is 2.06. The van der Waals surface area contributed by atoms with E-state index in [0.717, 1.165) is 16.8 Å². The fraction of sp³-hybridized carbons (Fsp3) is 0.312. The van der Waals surface area contributed by atoms with E-state index in [9.17, 15) is 9.59 Å². The number of nitrogens with zero attached hydrogens (tertiary/aromatic N) is 1. The number of carboxylic acids is 1. The van der Waals surface area contributed by atoms with Gasteiger partial charge in [-0.25, -0.2) is 4.98 Å². The van der Waals surface area contributed by atoms with Crippen molar-refractivity contribution in [2.75, 3.05) is 5.32 Å². The molecule has 0 saturated carbocycles. The third kappa shape index (κ3) is 3.92. The highest BCUT2D eigenvalue weighted by Gasteiger charge is 2.20. The standard InChI is InChI=1S/C16H18N2O3S/c1-9-4-5-13(10(2)6-9)18-15(21)11(3)16-17-12(8-22-16)7-14(19)20/h4-6,8,11H,7H2,1-3H3,(H,18,21)(H,19,20)/t11-/m1/s1. The number of aryl methyl sites for hydroxylation is 2. The van der Waals surface area contributed by atoms with Crippen molar-refractivity contribution in [3.05, 3.63) is 45.4 Å². The first-order valence-electron chi connectivity index (χ1n) is 6.91. The zero-order valence-electron chi connectivity index (χ0n) is 12.7. The summed E-state index contributed by atoms with van der Waals surface area (Å²) in [6, 6.07) is 5.84. The molecule has 0 aliphatic rings. The number of aromatic nitrogens is 1. The number of rotatable bonds is 5. The Morgan fingerprint density at radius 2 is 2.09 bits per heavy atom. The number of aliphatic carboxylic acids is 1. The van der Waals surface area contributed by atoms with Crippen LogP contribution >= 0.6 is 11.3 Å². The molecule has 0 bridgehead atoms. The minimum atomic E-state index is -0.927. The second-order valence-electron chi connectivity index (χ2n) is 5.28. The molecule has 0 unspecified atom stereocenters. The number of amides is 1. The topological polar surface area (TPSA) is 79.3 Å². The van der Waals surface area contributed by atoms with Crippen LogP contribution in [0.15, 0.2) is 23.6 Å². The molecule has 0 spiro atoms. The van der Waals surface area contributed by atoms with Gasteiger partial charge >= 0.3 is 5.97 Å². The molecular formula is C16H18N2O3S. The van der Waals surface area contributed by atoms with Crippen molar-refractivity contribution in [2.24, 2.45) is 0 Å². The number of nitrogens with one attached hydrogen (secondary N) is 1. The maximum atomic E-state index is 12.3. The van der Waals surface area contributed by atoms with Gasteiger partial charge in [-0.2, -0.15) is 0 Å². The molecule has 0 aliphatic heterocycles. The van der Waals surface area contributed by atoms with E-state index in [4.69, 9.17) is 5.11 Å². The van der Waals surface area contributed by atoms with Gasteiger partial charge < -0.3 is 10.4 Å². The summed E-state index contributed by atoms with van der Waals surface area (Å²) in [5.41, 5.74) is 3.41. The number of thiazole rings is 1. The lowest BCUT2D eigenvalue weighted by atomic mass is 10.1. The van der Waals surface area contributed by atoms with Gasteiger partial charge in [-0.1, -0.05) is 17.7 Å². The van der Waals surface area contributed by atoms with Crippen LogP contribution in [0, 0.1) is 13.8 Å². The molecule has 2 aromatic rings. The smallest absolute Gasteiger partial charge is 0.309 e. The molecule has 0 saturated heterocycles. The van der Waals surface area contributed by atoms with Crippen LogP contribution in [0.1, 0.15) is 34.7 Å². The lowest BCUT2D eigenvalue weighted by Gasteiger charge is -2.12. The van der Waals surface area contributed by atoms with E-state index in [1.165, 1.54) is 11.3 Å². The molecule has 2 N–H and O–H groups in total. The van der Waals surface area contributed by atoms with Crippen LogP contribution in [0.25, 0.3) is 0 Å². The molecular weight excluding hydrogens is 300 g/mol. The van der Waals surface area contributed by atoms with Crippen LogP contribution in [0.2, 0.25) is 0 Å². The molecule has 1 atom stereocenters. The van der Waals surface area contributed by atoms with Gasteiger partial charge in [0.15, 0.2) is 0 Å². The summed E-state index contributed by atoms with van der Waals surface area (Å²) in [7, 11) is 0. The average Bonchev–Trinajstić information content (AvgIpc) is 2.88. The highest BCUT2D eigenvalue weighted by Crippen LogP contribution is 2.23. The van der Waals surface area contributed by atoms with E-state index in [2.05, 4.69) is 10.3 Å². The average molecular weight is 318 g/mol. The normalized spacial score (nSPS) is 12.0. The molecule has 1 amide bonds. The molecule has 0 aliphatic carbocycles. The Kier molecular flexibility index (Phi) is 4.92. The van der Waals surface area contributed by atoms with E-state index in [-0.39, 0.29) is 12.3 Å². The van der Waals surface area contributed by atoms with Gasteiger partial charge in [0.1, 0.15) is 5.01 Å². The monoisotopic (exact) mass is 318 g/mol. The molecule has 5 nitrogen and oxygen atoms in total. The van der Waals surface area contributed by atoms with Gasteiger partial charge in [-0.05, 0) is 32.4 Å². The molecule has 1 heterocycles.